The van der Waals surface area contributed by atoms with Crippen molar-refractivity contribution in [3.63, 3.8) is 0 Å². The SMILES string of the molecule is COCC(N)C(=O)NCc1ccc(OCC(=O)N(C)C)c(OC)c1.Cl. The van der Waals surface area contributed by atoms with Crippen LogP contribution in [0.25, 0.3) is 0 Å². The molecule has 0 spiro atoms. The minimum absolute atomic E-state index is 0. The lowest BCUT2D eigenvalue weighted by molar-refractivity contribution is -0.130. The van der Waals surface area contributed by atoms with Gasteiger partial charge in [-0.15, -0.1) is 12.4 Å². The van der Waals surface area contributed by atoms with Gasteiger partial charge in [0.2, 0.25) is 5.91 Å². The van der Waals surface area contributed by atoms with Gasteiger partial charge in [0.05, 0.1) is 13.7 Å². The normalized spacial score (nSPS) is 11.1. The maximum Gasteiger partial charge on any atom is 0.259 e. The Kier molecular flexibility index (Phi) is 10.6. The van der Waals surface area contributed by atoms with Crippen molar-refractivity contribution < 1.29 is 23.8 Å². The lowest BCUT2D eigenvalue weighted by atomic mass is 10.2. The van der Waals surface area contributed by atoms with Crippen molar-refractivity contribution in [1.29, 1.82) is 0 Å². The molecule has 3 N–H and O–H groups in total. The van der Waals surface area contributed by atoms with Crippen LogP contribution >= 0.6 is 12.4 Å². The van der Waals surface area contributed by atoms with E-state index in [4.69, 9.17) is 19.9 Å². The highest BCUT2D eigenvalue weighted by atomic mass is 35.5. The van der Waals surface area contributed by atoms with Gasteiger partial charge in [-0.2, -0.15) is 0 Å². The Morgan fingerprint density at radius 1 is 1.24 bits per heavy atom. The van der Waals surface area contributed by atoms with Crippen LogP contribution in [0.1, 0.15) is 5.56 Å². The Bertz CT molecular complexity index is 569. The van der Waals surface area contributed by atoms with Crippen LogP contribution in [0.2, 0.25) is 0 Å². The van der Waals surface area contributed by atoms with E-state index in [1.54, 1.807) is 32.3 Å². The molecule has 0 aromatic heterocycles. The summed E-state index contributed by atoms with van der Waals surface area (Å²) >= 11 is 0. The Morgan fingerprint density at radius 3 is 2.48 bits per heavy atom. The number of carbonyl (C=O) groups excluding carboxylic acids is 2. The zero-order valence-corrected chi connectivity index (χ0v) is 15.7. The van der Waals surface area contributed by atoms with Crippen LogP contribution in [0.3, 0.4) is 0 Å². The second kappa shape index (κ2) is 11.5. The van der Waals surface area contributed by atoms with Crippen LogP contribution in [-0.2, 0) is 20.9 Å². The van der Waals surface area contributed by atoms with E-state index < -0.39 is 6.04 Å². The Labute approximate surface area is 154 Å². The Morgan fingerprint density at radius 2 is 1.92 bits per heavy atom. The molecule has 0 radical (unpaired) electrons. The summed E-state index contributed by atoms with van der Waals surface area (Å²) in [6.45, 7) is 0.372. The van der Waals surface area contributed by atoms with Crippen molar-refractivity contribution >= 4 is 24.2 Å². The van der Waals surface area contributed by atoms with Crippen LogP contribution in [0, 0.1) is 0 Å². The van der Waals surface area contributed by atoms with Gasteiger partial charge in [-0.25, -0.2) is 0 Å². The first-order chi connectivity index (χ1) is 11.4. The molecule has 1 aromatic carbocycles. The van der Waals surface area contributed by atoms with E-state index in [1.807, 2.05) is 0 Å². The number of hydrogen-bond acceptors (Lipinski definition) is 6. The maximum atomic E-state index is 11.8. The molecule has 9 heteroatoms. The molecule has 1 rings (SSSR count). The number of methoxy groups -OCH3 is 2. The monoisotopic (exact) mass is 375 g/mol. The molecule has 0 saturated carbocycles. The number of hydrogen-bond donors (Lipinski definition) is 2. The quantitative estimate of drug-likeness (QED) is 0.638. The first-order valence-corrected chi connectivity index (χ1v) is 7.41. The van der Waals surface area contributed by atoms with Gasteiger partial charge in [0.1, 0.15) is 6.04 Å². The standard InChI is InChI=1S/C16H25N3O5.ClH/c1-19(2)15(20)10-24-13-6-5-11(7-14(13)23-4)8-18-16(21)12(17)9-22-3;/h5-7,12H,8-10,17H2,1-4H3,(H,18,21);1H. The number of likely N-dealkylation sites (N-methyl/N-ethyl adjacent to an activating group) is 1. The van der Waals surface area contributed by atoms with E-state index in [0.717, 1.165) is 5.56 Å². The van der Waals surface area contributed by atoms with Gasteiger partial charge in [-0.1, -0.05) is 6.07 Å². The van der Waals surface area contributed by atoms with Crippen molar-refractivity contribution in [3.8, 4) is 11.5 Å². The van der Waals surface area contributed by atoms with Gasteiger partial charge in [0, 0.05) is 27.7 Å². The predicted octanol–water partition coefficient (Wildman–Crippen LogP) is 0.174. The molecule has 1 atom stereocenters. The van der Waals surface area contributed by atoms with Crippen molar-refractivity contribution in [3.05, 3.63) is 23.8 Å². The number of nitrogens with one attached hydrogen (secondary N) is 1. The molecule has 0 aliphatic rings. The minimum atomic E-state index is -0.712. The fraction of sp³-hybridized carbons (Fsp3) is 0.500. The van der Waals surface area contributed by atoms with Gasteiger partial charge in [-0.3, -0.25) is 9.59 Å². The third kappa shape index (κ3) is 7.59. The van der Waals surface area contributed by atoms with E-state index >= 15 is 0 Å². The van der Waals surface area contributed by atoms with E-state index in [1.165, 1.54) is 19.1 Å². The van der Waals surface area contributed by atoms with Crippen molar-refractivity contribution in [1.82, 2.24) is 10.2 Å². The molecule has 8 nitrogen and oxygen atoms in total. The predicted molar refractivity (Wildman–Crippen MR) is 96.1 cm³/mol. The van der Waals surface area contributed by atoms with Crippen molar-refractivity contribution in [2.45, 2.75) is 12.6 Å². The van der Waals surface area contributed by atoms with E-state index in [-0.39, 0.29) is 37.4 Å². The number of nitrogens with zero attached hydrogens (tertiary/aromatic N) is 1. The summed E-state index contributed by atoms with van der Waals surface area (Å²) < 4.78 is 15.6. The number of carbonyl (C=O) groups is 2. The van der Waals surface area contributed by atoms with Crippen LogP contribution < -0.4 is 20.5 Å². The third-order valence-electron chi connectivity index (χ3n) is 3.23. The highest BCUT2D eigenvalue weighted by Crippen LogP contribution is 2.28. The average Bonchev–Trinajstić information content (AvgIpc) is 2.57. The summed E-state index contributed by atoms with van der Waals surface area (Å²) in [5.41, 5.74) is 6.46. The molecule has 0 fully saturated rings. The average molecular weight is 376 g/mol. The summed E-state index contributed by atoms with van der Waals surface area (Å²) in [5.74, 6) is 0.488. The van der Waals surface area contributed by atoms with Crippen LogP contribution in [-0.4, -0.2) is 64.3 Å². The van der Waals surface area contributed by atoms with Crippen molar-refractivity contribution in [2.24, 2.45) is 5.73 Å². The smallest absolute Gasteiger partial charge is 0.259 e. The second-order valence-corrected chi connectivity index (χ2v) is 5.34. The largest absolute Gasteiger partial charge is 0.493 e. The maximum absolute atomic E-state index is 11.8. The molecule has 142 valence electrons. The fourth-order valence-electron chi connectivity index (χ4n) is 1.79. The highest BCUT2D eigenvalue weighted by Gasteiger charge is 2.13. The highest BCUT2D eigenvalue weighted by molar-refractivity contribution is 5.85. The molecular weight excluding hydrogens is 350 g/mol. The lowest BCUT2D eigenvalue weighted by Crippen LogP contribution is -2.43. The summed E-state index contributed by atoms with van der Waals surface area (Å²) in [5, 5.41) is 2.72. The molecule has 0 bridgehead atoms. The summed E-state index contributed by atoms with van der Waals surface area (Å²) in [6.07, 6.45) is 0. The number of ether oxygens (including phenoxy) is 3. The number of halogens is 1. The molecule has 1 aromatic rings. The fourth-order valence-corrected chi connectivity index (χ4v) is 1.79. The van der Waals surface area contributed by atoms with Crippen LogP contribution in [0.15, 0.2) is 18.2 Å². The van der Waals surface area contributed by atoms with E-state index in [0.29, 0.717) is 18.0 Å². The molecule has 0 aliphatic heterocycles. The minimum Gasteiger partial charge on any atom is -0.493 e. The lowest BCUT2D eigenvalue weighted by Gasteiger charge is -2.15. The summed E-state index contributed by atoms with van der Waals surface area (Å²) in [6, 6.07) is 4.49. The van der Waals surface area contributed by atoms with E-state index in [9.17, 15) is 9.59 Å². The van der Waals surface area contributed by atoms with Crippen molar-refractivity contribution in [2.75, 3.05) is 41.5 Å². The molecular formula is C16H26ClN3O5. The number of nitrogens with two attached hydrogens (primary N) is 1. The zero-order chi connectivity index (χ0) is 18.1. The molecule has 25 heavy (non-hydrogen) atoms. The van der Waals surface area contributed by atoms with Gasteiger partial charge >= 0.3 is 0 Å². The molecule has 0 aliphatic carbocycles. The first kappa shape index (κ1) is 23.0. The van der Waals surface area contributed by atoms with Gasteiger partial charge in [0.25, 0.3) is 5.91 Å². The number of rotatable bonds is 9. The third-order valence-corrected chi connectivity index (χ3v) is 3.23. The molecule has 0 saturated heterocycles. The van der Waals surface area contributed by atoms with Gasteiger partial charge < -0.3 is 30.2 Å². The second-order valence-electron chi connectivity index (χ2n) is 5.34. The van der Waals surface area contributed by atoms with Gasteiger partial charge in [0.15, 0.2) is 18.1 Å². The topological polar surface area (TPSA) is 103 Å². The Balaban J connectivity index is 0.00000576. The van der Waals surface area contributed by atoms with Gasteiger partial charge in [-0.05, 0) is 17.7 Å². The summed E-state index contributed by atoms with van der Waals surface area (Å²) in [4.78, 5) is 24.8. The van der Waals surface area contributed by atoms with E-state index in [2.05, 4.69) is 5.32 Å². The first-order valence-electron chi connectivity index (χ1n) is 7.41. The van der Waals surface area contributed by atoms with Crippen LogP contribution in [0.5, 0.6) is 11.5 Å². The molecule has 2 amide bonds. The molecule has 1 unspecified atom stereocenters. The number of benzene rings is 1. The van der Waals surface area contributed by atoms with Crippen LogP contribution in [0.4, 0.5) is 0 Å². The number of amides is 2. The summed E-state index contributed by atoms with van der Waals surface area (Å²) in [7, 11) is 6.30. The zero-order valence-electron chi connectivity index (χ0n) is 14.9. The Hall–Kier alpha value is -2.03. The molecule has 0 heterocycles.